The molecule has 4 aromatic carbocycles. The smallest absolute Gasteiger partial charge is 0.306 e. The Kier molecular flexibility index (Phi) is 10.5. The Balaban J connectivity index is 1.10. The maximum Gasteiger partial charge on any atom is 0.306 e. The van der Waals surface area contributed by atoms with Gasteiger partial charge in [-0.25, -0.2) is 4.90 Å². The minimum atomic E-state index is -0.653. The summed E-state index contributed by atoms with van der Waals surface area (Å²) in [6, 6.07) is 29.8. The van der Waals surface area contributed by atoms with Crippen molar-refractivity contribution in [3.63, 3.8) is 0 Å². The van der Waals surface area contributed by atoms with E-state index in [-0.39, 0.29) is 36.9 Å². The molecular weight excluding hydrogens is 604 g/mol. The van der Waals surface area contributed by atoms with Gasteiger partial charge in [0.25, 0.3) is 0 Å². The SMILES string of the molecule is Cc1ccc(C(=O)COC(=O)CCC(=O)Nc2cccc(SC3CC(=O)N(c4ccc(N=Nc5ccccc5)cc4)C3=O)c2)cc1. The highest BCUT2D eigenvalue weighted by Crippen LogP contribution is 2.35. The number of anilines is 2. The van der Waals surface area contributed by atoms with E-state index in [1.807, 2.05) is 37.3 Å². The number of esters is 1. The van der Waals surface area contributed by atoms with E-state index in [0.717, 1.165) is 5.56 Å². The minimum absolute atomic E-state index is 0.0318. The lowest BCUT2D eigenvalue weighted by atomic mass is 10.1. The molecule has 1 atom stereocenters. The van der Waals surface area contributed by atoms with Gasteiger partial charge in [0.1, 0.15) is 0 Å². The molecular formula is C35H30N4O6S. The molecule has 4 aromatic rings. The number of amides is 3. The van der Waals surface area contributed by atoms with Gasteiger partial charge in [-0.15, -0.1) is 11.8 Å². The first kappa shape index (κ1) is 32.0. The van der Waals surface area contributed by atoms with Crippen molar-refractivity contribution in [3.8, 4) is 0 Å². The summed E-state index contributed by atoms with van der Waals surface area (Å²) in [5.74, 6) is -2.02. The monoisotopic (exact) mass is 634 g/mol. The van der Waals surface area contributed by atoms with E-state index in [1.165, 1.54) is 16.7 Å². The highest BCUT2D eigenvalue weighted by Gasteiger charge is 2.40. The van der Waals surface area contributed by atoms with E-state index in [0.29, 0.717) is 33.2 Å². The van der Waals surface area contributed by atoms with Crippen molar-refractivity contribution in [1.29, 1.82) is 0 Å². The number of nitrogens with one attached hydrogen (secondary N) is 1. The van der Waals surface area contributed by atoms with Gasteiger partial charge in [-0.05, 0) is 61.5 Å². The van der Waals surface area contributed by atoms with E-state index in [1.54, 1.807) is 72.8 Å². The summed E-state index contributed by atoms with van der Waals surface area (Å²) in [4.78, 5) is 64.7. The van der Waals surface area contributed by atoms with E-state index in [9.17, 15) is 24.0 Å². The molecule has 0 aromatic heterocycles. The van der Waals surface area contributed by atoms with Crippen LogP contribution in [0.25, 0.3) is 0 Å². The predicted octanol–water partition coefficient (Wildman–Crippen LogP) is 6.98. The maximum absolute atomic E-state index is 13.2. The highest BCUT2D eigenvalue weighted by molar-refractivity contribution is 8.00. The van der Waals surface area contributed by atoms with Crippen LogP contribution in [0, 0.1) is 6.92 Å². The summed E-state index contributed by atoms with van der Waals surface area (Å²) in [6.45, 7) is 1.51. The van der Waals surface area contributed by atoms with Gasteiger partial charge in [0.05, 0.1) is 28.7 Å². The highest BCUT2D eigenvalue weighted by atomic mass is 32.2. The van der Waals surface area contributed by atoms with Gasteiger partial charge in [-0.1, -0.05) is 54.1 Å². The lowest BCUT2D eigenvalue weighted by Gasteiger charge is -2.15. The Morgan fingerprint density at radius 3 is 2.26 bits per heavy atom. The third-order valence-electron chi connectivity index (χ3n) is 6.94. The van der Waals surface area contributed by atoms with Gasteiger partial charge in [-0.2, -0.15) is 10.2 Å². The lowest BCUT2D eigenvalue weighted by molar-refractivity contribution is -0.143. The molecule has 1 fully saturated rings. The van der Waals surface area contributed by atoms with E-state index >= 15 is 0 Å². The van der Waals surface area contributed by atoms with Gasteiger partial charge in [0, 0.05) is 29.0 Å². The van der Waals surface area contributed by atoms with E-state index in [2.05, 4.69) is 15.5 Å². The zero-order valence-electron chi connectivity index (χ0n) is 24.9. The average Bonchev–Trinajstić information content (AvgIpc) is 3.34. The molecule has 0 aliphatic carbocycles. The van der Waals surface area contributed by atoms with Gasteiger partial charge in [0.15, 0.2) is 12.4 Å². The second-order valence-corrected chi connectivity index (χ2v) is 11.7. The van der Waals surface area contributed by atoms with Crippen LogP contribution in [-0.2, 0) is 23.9 Å². The Labute approximate surface area is 269 Å². The number of carbonyl (C=O) groups is 5. The van der Waals surface area contributed by atoms with Crippen molar-refractivity contribution in [2.24, 2.45) is 10.2 Å². The molecule has 1 N–H and O–H groups in total. The molecule has 10 nitrogen and oxygen atoms in total. The molecule has 1 saturated heterocycles. The van der Waals surface area contributed by atoms with Crippen LogP contribution in [0.1, 0.15) is 35.2 Å². The fourth-order valence-corrected chi connectivity index (χ4v) is 5.65. The van der Waals surface area contributed by atoms with Gasteiger partial charge in [0.2, 0.25) is 17.7 Å². The third-order valence-corrected chi connectivity index (χ3v) is 8.12. The normalized spacial score (nSPS) is 14.5. The molecule has 232 valence electrons. The fraction of sp³-hybridized carbons (Fsp3) is 0.171. The summed E-state index contributed by atoms with van der Waals surface area (Å²) < 4.78 is 5.03. The Morgan fingerprint density at radius 1 is 0.848 bits per heavy atom. The third kappa shape index (κ3) is 8.60. The largest absolute Gasteiger partial charge is 0.457 e. The topological polar surface area (TPSA) is 135 Å². The molecule has 1 aliphatic heterocycles. The quantitative estimate of drug-likeness (QED) is 0.0769. The number of benzene rings is 4. The summed E-state index contributed by atoms with van der Waals surface area (Å²) in [5, 5.41) is 10.5. The first-order valence-corrected chi connectivity index (χ1v) is 15.4. The average molecular weight is 635 g/mol. The number of nitrogens with zero attached hydrogens (tertiary/aromatic N) is 3. The number of ketones is 1. The molecule has 5 rings (SSSR count). The number of hydrogen-bond donors (Lipinski definition) is 1. The van der Waals surface area contributed by atoms with Crippen molar-refractivity contribution in [3.05, 3.63) is 114 Å². The summed E-state index contributed by atoms with van der Waals surface area (Å²) in [7, 11) is 0. The summed E-state index contributed by atoms with van der Waals surface area (Å²) in [5.41, 5.74) is 3.69. The van der Waals surface area contributed by atoms with Crippen LogP contribution in [0.5, 0.6) is 0 Å². The number of carbonyl (C=O) groups excluding carboxylic acids is 5. The number of aryl methyl sites for hydroxylation is 1. The summed E-state index contributed by atoms with van der Waals surface area (Å²) >= 11 is 1.24. The number of azo groups is 1. The number of hydrogen-bond acceptors (Lipinski definition) is 9. The minimum Gasteiger partial charge on any atom is -0.457 e. The molecule has 0 saturated carbocycles. The van der Waals surface area contributed by atoms with Crippen LogP contribution >= 0.6 is 11.8 Å². The maximum atomic E-state index is 13.2. The number of ether oxygens (including phenoxy) is 1. The molecule has 3 amide bonds. The van der Waals surface area contributed by atoms with Crippen molar-refractivity contribution >= 4 is 64.0 Å². The van der Waals surface area contributed by atoms with Crippen LogP contribution < -0.4 is 10.2 Å². The van der Waals surface area contributed by atoms with Gasteiger partial charge < -0.3 is 10.1 Å². The Hall–Kier alpha value is -5.42. The molecule has 0 spiro atoms. The molecule has 0 bridgehead atoms. The zero-order chi connectivity index (χ0) is 32.5. The lowest BCUT2D eigenvalue weighted by Crippen LogP contribution is -2.31. The first-order chi connectivity index (χ1) is 22.2. The van der Waals surface area contributed by atoms with Crippen molar-refractivity contribution in [2.45, 2.75) is 36.3 Å². The number of imide groups is 1. The Morgan fingerprint density at radius 2 is 1.54 bits per heavy atom. The van der Waals surface area contributed by atoms with Crippen LogP contribution in [0.15, 0.2) is 118 Å². The Bertz CT molecular complexity index is 1780. The van der Waals surface area contributed by atoms with Crippen LogP contribution in [0.4, 0.5) is 22.7 Å². The van der Waals surface area contributed by atoms with Crippen molar-refractivity contribution in [1.82, 2.24) is 0 Å². The van der Waals surface area contributed by atoms with Gasteiger partial charge in [-0.3, -0.25) is 24.0 Å². The molecule has 1 unspecified atom stereocenters. The summed E-state index contributed by atoms with van der Waals surface area (Å²) in [6.07, 6.45) is -0.289. The van der Waals surface area contributed by atoms with Crippen LogP contribution in [-0.4, -0.2) is 41.3 Å². The van der Waals surface area contributed by atoms with E-state index in [4.69, 9.17) is 4.74 Å². The second kappa shape index (κ2) is 15.0. The predicted molar refractivity (Wildman–Crippen MR) is 175 cm³/mol. The fourth-order valence-electron chi connectivity index (χ4n) is 4.54. The number of Topliss-reactive ketones (excluding diaryl/α,β-unsaturated/α-hetero) is 1. The number of thioether (sulfide) groups is 1. The first-order valence-electron chi connectivity index (χ1n) is 14.5. The molecule has 1 heterocycles. The number of rotatable bonds is 12. The van der Waals surface area contributed by atoms with Crippen LogP contribution in [0.2, 0.25) is 0 Å². The van der Waals surface area contributed by atoms with Gasteiger partial charge >= 0.3 is 5.97 Å². The second-order valence-electron chi connectivity index (χ2n) is 10.5. The molecule has 11 heteroatoms. The van der Waals surface area contributed by atoms with Crippen LogP contribution in [0.3, 0.4) is 0 Å². The molecule has 1 aliphatic rings. The standard InChI is InChI=1S/C35H30N4O6S/c1-23-10-12-24(13-11-23)30(40)22-45-34(43)19-18-32(41)36-27-8-5-9-29(20-27)46-31-21-33(42)39(35(31)44)28-16-14-26(15-17-28)38-37-25-6-3-2-4-7-25/h2-17,20,31H,18-19,21-22H2,1H3,(H,36,41). The molecule has 46 heavy (non-hydrogen) atoms. The zero-order valence-corrected chi connectivity index (χ0v) is 25.7. The van der Waals surface area contributed by atoms with Crippen molar-refractivity contribution < 1.29 is 28.7 Å². The van der Waals surface area contributed by atoms with Crippen molar-refractivity contribution in [2.75, 3.05) is 16.8 Å². The van der Waals surface area contributed by atoms with E-state index < -0.39 is 23.7 Å². The molecule has 0 radical (unpaired) electrons.